The zero-order valence-electron chi connectivity index (χ0n) is 8.07. The van der Waals surface area contributed by atoms with Crippen molar-refractivity contribution in [3.8, 4) is 0 Å². The second kappa shape index (κ2) is 4.00. The number of Topliss-reactive ketones (excluding diaryl/α,β-unsaturated/α-hetero) is 1. The van der Waals surface area contributed by atoms with Crippen LogP contribution >= 0.6 is 0 Å². The molecule has 0 saturated carbocycles. The Labute approximate surface area is 81.6 Å². The summed E-state index contributed by atoms with van der Waals surface area (Å²) < 4.78 is 0. The largest absolute Gasteiger partial charge is 0.478 e. The molecule has 0 atom stereocenters. The van der Waals surface area contributed by atoms with Crippen molar-refractivity contribution in [3.63, 3.8) is 0 Å². The van der Waals surface area contributed by atoms with E-state index in [1.165, 1.54) is 12.3 Å². The number of nitrogens with zero attached hydrogens (tertiary/aromatic N) is 1. The van der Waals surface area contributed by atoms with Crippen LogP contribution in [0.5, 0.6) is 0 Å². The zero-order valence-corrected chi connectivity index (χ0v) is 8.07. The van der Waals surface area contributed by atoms with Crippen LogP contribution in [-0.4, -0.2) is 21.8 Å². The van der Waals surface area contributed by atoms with Gasteiger partial charge in [-0.15, -0.1) is 0 Å². The van der Waals surface area contributed by atoms with Crippen molar-refractivity contribution in [2.45, 2.75) is 20.3 Å². The number of pyridine rings is 1. The number of carboxylic acids is 1. The number of ketones is 1. The summed E-state index contributed by atoms with van der Waals surface area (Å²) in [5, 5.41) is 8.67. The molecule has 0 aliphatic rings. The van der Waals surface area contributed by atoms with Gasteiger partial charge in [0, 0.05) is 12.6 Å². The molecule has 0 bridgehead atoms. The molecule has 0 spiro atoms. The van der Waals surface area contributed by atoms with Gasteiger partial charge in [-0.05, 0) is 18.6 Å². The Hall–Kier alpha value is -1.71. The molecule has 0 aliphatic heterocycles. The lowest BCUT2D eigenvalue weighted by molar-refractivity contribution is 0.0695. The van der Waals surface area contributed by atoms with Crippen molar-refractivity contribution >= 4 is 11.8 Å². The summed E-state index contributed by atoms with van der Waals surface area (Å²) in [6, 6.07) is 1.46. The van der Waals surface area contributed by atoms with Crippen molar-refractivity contribution in [2.24, 2.45) is 0 Å². The molecule has 4 nitrogen and oxygen atoms in total. The van der Waals surface area contributed by atoms with Crippen LogP contribution in [0.1, 0.15) is 39.8 Å². The predicted octanol–water partition coefficient (Wildman–Crippen LogP) is 1.68. The van der Waals surface area contributed by atoms with E-state index in [2.05, 4.69) is 4.98 Å². The second-order valence-electron chi connectivity index (χ2n) is 2.97. The topological polar surface area (TPSA) is 67.3 Å². The van der Waals surface area contributed by atoms with E-state index in [1.807, 2.05) is 0 Å². The summed E-state index contributed by atoms with van der Waals surface area (Å²) in [4.78, 5) is 25.7. The average Bonchev–Trinajstić information content (AvgIpc) is 2.16. The Morgan fingerprint density at radius 1 is 1.50 bits per heavy atom. The fourth-order valence-corrected chi connectivity index (χ4v) is 1.15. The summed E-state index contributed by atoms with van der Waals surface area (Å²) >= 11 is 0. The smallest absolute Gasteiger partial charge is 0.337 e. The molecule has 1 aromatic rings. The first-order chi connectivity index (χ1) is 6.56. The lowest BCUT2D eigenvalue weighted by atomic mass is 10.1. The van der Waals surface area contributed by atoms with E-state index >= 15 is 0 Å². The normalized spacial score (nSPS) is 9.86. The van der Waals surface area contributed by atoms with Crippen molar-refractivity contribution in [2.75, 3.05) is 0 Å². The quantitative estimate of drug-likeness (QED) is 0.741. The highest BCUT2D eigenvalue weighted by Crippen LogP contribution is 2.09. The Balaban J connectivity index is 3.14. The molecule has 0 aromatic carbocycles. The summed E-state index contributed by atoms with van der Waals surface area (Å²) in [6.45, 7) is 3.43. The SMILES string of the molecule is CCC(=O)c1ncc(C(=O)O)cc1C. The Bertz CT molecular complexity index is 385. The number of hydrogen-bond acceptors (Lipinski definition) is 3. The van der Waals surface area contributed by atoms with E-state index < -0.39 is 5.97 Å². The highest BCUT2D eigenvalue weighted by atomic mass is 16.4. The van der Waals surface area contributed by atoms with E-state index in [9.17, 15) is 9.59 Å². The molecule has 0 aliphatic carbocycles. The van der Waals surface area contributed by atoms with Crippen LogP contribution < -0.4 is 0 Å². The number of carbonyl (C=O) groups excluding carboxylic acids is 1. The van der Waals surface area contributed by atoms with Gasteiger partial charge in [0.1, 0.15) is 5.69 Å². The lowest BCUT2D eigenvalue weighted by Crippen LogP contribution is -2.06. The third-order valence-corrected chi connectivity index (χ3v) is 1.91. The zero-order chi connectivity index (χ0) is 10.7. The molecular weight excluding hydrogens is 182 g/mol. The monoisotopic (exact) mass is 193 g/mol. The van der Waals surface area contributed by atoms with Crippen LogP contribution in [0.4, 0.5) is 0 Å². The maximum absolute atomic E-state index is 11.3. The molecule has 1 heterocycles. The summed E-state index contributed by atoms with van der Waals surface area (Å²) in [7, 11) is 0. The predicted molar refractivity (Wildman–Crippen MR) is 50.6 cm³/mol. The number of aryl methyl sites for hydroxylation is 1. The van der Waals surface area contributed by atoms with Gasteiger partial charge < -0.3 is 5.11 Å². The Morgan fingerprint density at radius 2 is 2.14 bits per heavy atom. The molecule has 14 heavy (non-hydrogen) atoms. The number of hydrogen-bond donors (Lipinski definition) is 1. The van der Waals surface area contributed by atoms with Gasteiger partial charge in [-0.25, -0.2) is 4.79 Å². The molecule has 0 radical (unpaired) electrons. The minimum Gasteiger partial charge on any atom is -0.478 e. The van der Waals surface area contributed by atoms with Gasteiger partial charge >= 0.3 is 5.97 Å². The molecule has 0 fully saturated rings. The van der Waals surface area contributed by atoms with Gasteiger partial charge in [0.05, 0.1) is 5.56 Å². The first-order valence-electron chi connectivity index (χ1n) is 4.29. The van der Waals surface area contributed by atoms with Crippen molar-refractivity contribution < 1.29 is 14.7 Å². The van der Waals surface area contributed by atoms with Crippen molar-refractivity contribution in [3.05, 3.63) is 29.1 Å². The standard InChI is InChI=1S/C10H11NO3/c1-3-8(12)9-6(2)4-7(5-11-9)10(13)14/h4-5H,3H2,1-2H3,(H,13,14). The van der Waals surface area contributed by atoms with E-state index in [-0.39, 0.29) is 11.3 Å². The lowest BCUT2D eigenvalue weighted by Gasteiger charge is -2.02. The fraction of sp³-hybridized carbons (Fsp3) is 0.300. The van der Waals surface area contributed by atoms with E-state index in [0.717, 1.165) is 0 Å². The van der Waals surface area contributed by atoms with Gasteiger partial charge in [-0.1, -0.05) is 6.92 Å². The van der Waals surface area contributed by atoms with E-state index in [0.29, 0.717) is 17.7 Å². The number of aromatic nitrogens is 1. The number of rotatable bonds is 3. The fourth-order valence-electron chi connectivity index (χ4n) is 1.15. The van der Waals surface area contributed by atoms with Crippen LogP contribution in [0.2, 0.25) is 0 Å². The Kier molecular flexibility index (Phi) is 2.96. The van der Waals surface area contributed by atoms with E-state index in [1.54, 1.807) is 13.8 Å². The summed E-state index contributed by atoms with van der Waals surface area (Å²) in [5.74, 6) is -1.10. The number of carboxylic acid groups (broad SMARTS) is 1. The summed E-state index contributed by atoms with van der Waals surface area (Å²) in [5.41, 5.74) is 1.07. The van der Waals surface area contributed by atoms with Crippen LogP contribution in [0, 0.1) is 6.92 Å². The van der Waals surface area contributed by atoms with Crippen LogP contribution in [0.15, 0.2) is 12.3 Å². The molecule has 0 unspecified atom stereocenters. The molecule has 1 aromatic heterocycles. The van der Waals surface area contributed by atoms with Gasteiger partial charge in [-0.2, -0.15) is 0 Å². The van der Waals surface area contributed by atoms with Crippen molar-refractivity contribution in [1.29, 1.82) is 0 Å². The maximum Gasteiger partial charge on any atom is 0.337 e. The third-order valence-electron chi connectivity index (χ3n) is 1.91. The molecule has 74 valence electrons. The molecule has 1 rings (SSSR count). The minimum atomic E-state index is -1.03. The third kappa shape index (κ3) is 1.96. The average molecular weight is 193 g/mol. The molecule has 4 heteroatoms. The first kappa shape index (κ1) is 10.4. The number of aromatic carboxylic acids is 1. The van der Waals surface area contributed by atoms with Gasteiger partial charge in [0.25, 0.3) is 0 Å². The van der Waals surface area contributed by atoms with Gasteiger partial charge in [0.15, 0.2) is 5.78 Å². The van der Waals surface area contributed by atoms with Crippen LogP contribution in [-0.2, 0) is 0 Å². The number of carbonyl (C=O) groups is 2. The minimum absolute atomic E-state index is 0.0700. The Morgan fingerprint density at radius 3 is 2.57 bits per heavy atom. The van der Waals surface area contributed by atoms with Crippen LogP contribution in [0.25, 0.3) is 0 Å². The van der Waals surface area contributed by atoms with Crippen LogP contribution in [0.3, 0.4) is 0 Å². The van der Waals surface area contributed by atoms with Gasteiger partial charge in [0.2, 0.25) is 0 Å². The first-order valence-corrected chi connectivity index (χ1v) is 4.29. The summed E-state index contributed by atoms with van der Waals surface area (Å²) in [6.07, 6.45) is 1.58. The molecule has 1 N–H and O–H groups in total. The van der Waals surface area contributed by atoms with Gasteiger partial charge in [-0.3, -0.25) is 9.78 Å². The second-order valence-corrected chi connectivity index (χ2v) is 2.97. The van der Waals surface area contributed by atoms with E-state index in [4.69, 9.17) is 5.11 Å². The molecule has 0 amide bonds. The van der Waals surface area contributed by atoms with Crippen molar-refractivity contribution in [1.82, 2.24) is 4.98 Å². The maximum atomic E-state index is 11.3. The highest BCUT2D eigenvalue weighted by molar-refractivity contribution is 5.96. The molecule has 0 saturated heterocycles. The highest BCUT2D eigenvalue weighted by Gasteiger charge is 2.11. The molecular formula is C10H11NO3.